The molecule has 1 fully saturated rings. The zero-order chi connectivity index (χ0) is 18.6. The van der Waals surface area contributed by atoms with Crippen molar-refractivity contribution in [1.29, 1.82) is 5.26 Å². The number of hydrogen-bond donors (Lipinski definition) is 1. The predicted octanol–water partition coefficient (Wildman–Crippen LogP) is 1.69. The molecule has 0 saturated heterocycles. The summed E-state index contributed by atoms with van der Waals surface area (Å²) < 4.78 is 6.61. The van der Waals surface area contributed by atoms with Crippen molar-refractivity contribution < 1.29 is 14.3 Å². The van der Waals surface area contributed by atoms with E-state index in [1.165, 1.54) is 10.9 Å². The van der Waals surface area contributed by atoms with Gasteiger partial charge >= 0.3 is 5.97 Å². The van der Waals surface area contributed by atoms with Gasteiger partial charge in [0.05, 0.1) is 18.0 Å². The van der Waals surface area contributed by atoms with Crippen LogP contribution in [0.25, 0.3) is 5.82 Å². The van der Waals surface area contributed by atoms with Crippen LogP contribution in [0, 0.1) is 18.3 Å². The first-order chi connectivity index (χ1) is 12.5. The summed E-state index contributed by atoms with van der Waals surface area (Å²) in [5, 5.41) is 16.1. The summed E-state index contributed by atoms with van der Waals surface area (Å²) in [5.74, 6) is -0.534. The Morgan fingerprint density at radius 1 is 1.38 bits per heavy atom. The molecule has 0 radical (unpaired) electrons. The lowest BCUT2D eigenvalue weighted by atomic mass is 10.00. The summed E-state index contributed by atoms with van der Waals surface area (Å²) in [6.07, 6.45) is 6.07. The molecule has 0 spiro atoms. The second-order valence-corrected chi connectivity index (χ2v) is 6.27. The lowest BCUT2D eigenvalue weighted by Crippen LogP contribution is -2.46. The minimum Gasteiger partial charge on any atom is -0.452 e. The van der Waals surface area contributed by atoms with Crippen LogP contribution in [0.5, 0.6) is 0 Å². The van der Waals surface area contributed by atoms with Gasteiger partial charge in [-0.1, -0.05) is 6.07 Å². The number of aromatic nitrogens is 3. The fraction of sp³-hybridized carbons (Fsp3) is 0.389. The minimum atomic E-state index is -0.830. The molecule has 3 rings (SSSR count). The molecule has 0 unspecified atom stereocenters. The van der Waals surface area contributed by atoms with Gasteiger partial charge in [0.25, 0.3) is 5.91 Å². The number of rotatable bonds is 5. The highest BCUT2D eigenvalue weighted by Gasteiger charge is 2.35. The number of esters is 1. The second-order valence-electron chi connectivity index (χ2n) is 6.27. The van der Waals surface area contributed by atoms with E-state index in [-0.39, 0.29) is 5.56 Å². The Kier molecular flexibility index (Phi) is 4.98. The van der Waals surface area contributed by atoms with Crippen molar-refractivity contribution in [2.75, 3.05) is 6.61 Å². The fourth-order valence-corrected chi connectivity index (χ4v) is 3.08. The number of amides is 1. The number of nitrogens with one attached hydrogen (secondary N) is 1. The van der Waals surface area contributed by atoms with Gasteiger partial charge in [-0.25, -0.2) is 14.5 Å². The highest BCUT2D eigenvalue weighted by atomic mass is 16.5. The number of nitrogens with zero attached hydrogens (tertiary/aromatic N) is 4. The molecule has 8 heteroatoms. The predicted molar refractivity (Wildman–Crippen MR) is 91.3 cm³/mol. The number of carbonyl (C=O) groups excluding carboxylic acids is 2. The van der Waals surface area contributed by atoms with Gasteiger partial charge in [0.1, 0.15) is 11.1 Å². The van der Waals surface area contributed by atoms with Crippen LogP contribution < -0.4 is 5.32 Å². The van der Waals surface area contributed by atoms with Crippen molar-refractivity contribution in [2.45, 2.75) is 38.1 Å². The standard InChI is InChI=1S/C18H19N5O3/c1-13-14(10-21-23(13)15-6-2-5-9-20-15)17(25)26-11-16(24)22-18(12-19)7-3-4-8-18/h2,5-6,9-10H,3-4,7-8,11H2,1H3,(H,22,24). The van der Waals surface area contributed by atoms with Gasteiger partial charge < -0.3 is 10.1 Å². The molecule has 2 aromatic heterocycles. The van der Waals surface area contributed by atoms with Gasteiger partial charge in [-0.3, -0.25) is 4.79 Å². The molecular formula is C18H19N5O3. The second kappa shape index (κ2) is 7.35. The molecule has 1 N–H and O–H groups in total. The molecule has 2 aromatic rings. The van der Waals surface area contributed by atoms with Crippen molar-refractivity contribution >= 4 is 11.9 Å². The first-order valence-electron chi connectivity index (χ1n) is 8.40. The molecule has 0 aliphatic heterocycles. The molecule has 1 aliphatic rings. The summed E-state index contributed by atoms with van der Waals surface area (Å²) in [4.78, 5) is 28.5. The van der Waals surface area contributed by atoms with Gasteiger partial charge in [-0.15, -0.1) is 0 Å². The van der Waals surface area contributed by atoms with Gasteiger partial charge in [0.15, 0.2) is 12.4 Å². The van der Waals surface area contributed by atoms with Crippen molar-refractivity contribution in [1.82, 2.24) is 20.1 Å². The quantitative estimate of drug-likeness (QED) is 0.819. The number of carbonyl (C=O) groups is 2. The molecular weight excluding hydrogens is 334 g/mol. The highest BCUT2D eigenvalue weighted by molar-refractivity contribution is 5.92. The largest absolute Gasteiger partial charge is 0.452 e. The van der Waals surface area contributed by atoms with Gasteiger partial charge in [0, 0.05) is 6.20 Å². The summed E-state index contributed by atoms with van der Waals surface area (Å²) in [7, 11) is 0. The van der Waals surface area contributed by atoms with Crippen LogP contribution in [-0.2, 0) is 9.53 Å². The lowest BCUT2D eigenvalue weighted by molar-refractivity contribution is -0.125. The summed E-state index contributed by atoms with van der Waals surface area (Å²) in [5.41, 5.74) is 0.00113. The summed E-state index contributed by atoms with van der Waals surface area (Å²) >= 11 is 0. The number of nitriles is 1. The molecule has 2 heterocycles. The zero-order valence-corrected chi connectivity index (χ0v) is 14.4. The van der Waals surface area contributed by atoms with Crippen molar-refractivity contribution in [3.63, 3.8) is 0 Å². The Hall–Kier alpha value is -3.21. The van der Waals surface area contributed by atoms with E-state index in [9.17, 15) is 14.9 Å². The number of hydrogen-bond acceptors (Lipinski definition) is 6. The van der Waals surface area contributed by atoms with Crippen LogP contribution in [0.3, 0.4) is 0 Å². The topological polar surface area (TPSA) is 110 Å². The highest BCUT2D eigenvalue weighted by Crippen LogP contribution is 2.28. The maximum Gasteiger partial charge on any atom is 0.342 e. The first kappa shape index (κ1) is 17.6. The molecule has 1 amide bonds. The summed E-state index contributed by atoms with van der Waals surface area (Å²) in [6.45, 7) is 1.29. The number of pyridine rings is 1. The van der Waals surface area contributed by atoms with Crippen LogP contribution in [0.4, 0.5) is 0 Å². The van der Waals surface area contributed by atoms with E-state index in [0.717, 1.165) is 12.8 Å². The summed E-state index contributed by atoms with van der Waals surface area (Å²) in [6, 6.07) is 7.54. The fourth-order valence-electron chi connectivity index (χ4n) is 3.08. The Morgan fingerprint density at radius 3 is 2.81 bits per heavy atom. The molecule has 8 nitrogen and oxygen atoms in total. The van der Waals surface area contributed by atoms with Crippen LogP contribution in [0.15, 0.2) is 30.6 Å². The normalized spacial score (nSPS) is 15.2. The SMILES string of the molecule is Cc1c(C(=O)OCC(=O)NC2(C#N)CCCC2)cnn1-c1ccccn1. The van der Waals surface area contributed by atoms with Gasteiger partial charge in [0.2, 0.25) is 0 Å². The van der Waals surface area contributed by atoms with E-state index >= 15 is 0 Å². The Labute approximate surface area is 150 Å². The van der Waals surface area contributed by atoms with Crippen LogP contribution in [-0.4, -0.2) is 38.8 Å². The van der Waals surface area contributed by atoms with E-state index in [2.05, 4.69) is 21.5 Å². The van der Waals surface area contributed by atoms with Gasteiger partial charge in [-0.05, 0) is 44.7 Å². The monoisotopic (exact) mass is 353 g/mol. The van der Waals surface area contributed by atoms with Crippen molar-refractivity contribution in [2.24, 2.45) is 0 Å². The van der Waals surface area contributed by atoms with E-state index < -0.39 is 24.0 Å². The maximum absolute atomic E-state index is 12.3. The van der Waals surface area contributed by atoms with Gasteiger partial charge in [-0.2, -0.15) is 10.4 Å². The maximum atomic E-state index is 12.3. The number of ether oxygens (including phenoxy) is 1. The third kappa shape index (κ3) is 3.57. The average Bonchev–Trinajstić information content (AvgIpc) is 3.28. The molecule has 1 aliphatic carbocycles. The molecule has 0 bridgehead atoms. The Balaban J connectivity index is 1.61. The van der Waals surface area contributed by atoms with E-state index in [1.807, 2.05) is 6.07 Å². The van der Waals surface area contributed by atoms with E-state index in [4.69, 9.17) is 4.74 Å². The third-order valence-corrected chi connectivity index (χ3v) is 4.48. The molecule has 1 saturated carbocycles. The van der Waals surface area contributed by atoms with Crippen molar-refractivity contribution in [3.8, 4) is 11.9 Å². The van der Waals surface area contributed by atoms with E-state index in [0.29, 0.717) is 24.4 Å². The van der Waals surface area contributed by atoms with Crippen LogP contribution >= 0.6 is 0 Å². The Morgan fingerprint density at radius 2 is 2.15 bits per heavy atom. The molecule has 134 valence electrons. The Bertz CT molecular complexity index is 847. The van der Waals surface area contributed by atoms with E-state index in [1.54, 1.807) is 25.3 Å². The first-order valence-corrected chi connectivity index (χ1v) is 8.40. The van der Waals surface area contributed by atoms with Crippen molar-refractivity contribution in [3.05, 3.63) is 41.9 Å². The van der Waals surface area contributed by atoms with Crippen LogP contribution in [0.2, 0.25) is 0 Å². The molecule has 0 atom stereocenters. The average molecular weight is 353 g/mol. The third-order valence-electron chi connectivity index (χ3n) is 4.48. The van der Waals surface area contributed by atoms with Crippen LogP contribution in [0.1, 0.15) is 41.7 Å². The lowest BCUT2D eigenvalue weighted by Gasteiger charge is -2.21. The zero-order valence-electron chi connectivity index (χ0n) is 14.4. The molecule has 26 heavy (non-hydrogen) atoms. The minimum absolute atomic E-state index is 0.263. The molecule has 0 aromatic carbocycles. The smallest absolute Gasteiger partial charge is 0.342 e.